The Bertz CT molecular complexity index is 1080. The van der Waals surface area contributed by atoms with Gasteiger partial charge in [0.2, 0.25) is 11.8 Å². The smallest absolute Gasteiger partial charge is 0.410 e. The highest BCUT2D eigenvalue weighted by molar-refractivity contribution is 5.89. The van der Waals surface area contributed by atoms with Gasteiger partial charge in [-0.3, -0.25) is 14.5 Å². The molecule has 0 spiro atoms. The van der Waals surface area contributed by atoms with Crippen LogP contribution >= 0.6 is 0 Å². The number of hydrogen-bond donors (Lipinski definition) is 4. The molecule has 5 atom stereocenters. The van der Waals surface area contributed by atoms with E-state index < -0.39 is 41.7 Å². The van der Waals surface area contributed by atoms with E-state index in [2.05, 4.69) is 10.6 Å². The van der Waals surface area contributed by atoms with Crippen LogP contribution in [0.3, 0.4) is 0 Å². The Morgan fingerprint density at radius 3 is 2.20 bits per heavy atom. The Labute approximate surface area is 243 Å². The highest BCUT2D eigenvalue weighted by Crippen LogP contribution is 2.24. The summed E-state index contributed by atoms with van der Waals surface area (Å²) in [5.74, 6) is -1.93. The van der Waals surface area contributed by atoms with E-state index in [9.17, 15) is 24.3 Å². The van der Waals surface area contributed by atoms with Crippen LogP contribution in [0.5, 0.6) is 5.75 Å². The molecule has 11 nitrogen and oxygen atoms in total. The molecule has 0 aliphatic heterocycles. The van der Waals surface area contributed by atoms with Crippen LogP contribution < -0.4 is 21.1 Å². The highest BCUT2D eigenvalue weighted by Gasteiger charge is 2.34. The van der Waals surface area contributed by atoms with Crippen LogP contribution in [0.2, 0.25) is 0 Å². The fourth-order valence-corrected chi connectivity index (χ4v) is 3.90. The van der Waals surface area contributed by atoms with Crippen LogP contribution in [0, 0.1) is 11.8 Å². The summed E-state index contributed by atoms with van der Waals surface area (Å²) in [4.78, 5) is 51.9. The molecule has 11 heteroatoms. The third-order valence-electron chi connectivity index (χ3n) is 7.01. The molecule has 0 fully saturated rings. The lowest BCUT2D eigenvalue weighted by Gasteiger charge is -2.32. The summed E-state index contributed by atoms with van der Waals surface area (Å²) in [5, 5.41) is 15.0. The van der Waals surface area contributed by atoms with E-state index in [1.165, 1.54) is 20.4 Å². The molecule has 3 amide bonds. The van der Waals surface area contributed by atoms with Gasteiger partial charge in [-0.05, 0) is 61.9 Å². The number of nitrogens with zero attached hydrogens (tertiary/aromatic N) is 1. The van der Waals surface area contributed by atoms with E-state index in [1.807, 2.05) is 20.8 Å². The molecule has 230 valence electrons. The number of carboxylic acid groups (broad SMARTS) is 1. The molecule has 0 aliphatic carbocycles. The summed E-state index contributed by atoms with van der Waals surface area (Å²) in [5.41, 5.74) is 6.46. The number of aliphatic carboxylic acids is 1. The maximum atomic E-state index is 13.5. The molecule has 0 saturated heterocycles. The Balaban J connectivity index is 3.36. The van der Waals surface area contributed by atoms with E-state index in [0.717, 1.165) is 11.3 Å². The Kier molecular flexibility index (Phi) is 13.8. The van der Waals surface area contributed by atoms with Gasteiger partial charge in [-0.25, -0.2) is 9.59 Å². The molecule has 41 heavy (non-hydrogen) atoms. The second-order valence-corrected chi connectivity index (χ2v) is 11.3. The fourth-order valence-electron chi connectivity index (χ4n) is 3.90. The van der Waals surface area contributed by atoms with E-state index in [0.29, 0.717) is 23.3 Å². The van der Waals surface area contributed by atoms with Crippen LogP contribution in [0.15, 0.2) is 24.4 Å². The van der Waals surface area contributed by atoms with Gasteiger partial charge in [-0.15, -0.1) is 0 Å². The second-order valence-electron chi connectivity index (χ2n) is 11.3. The summed E-state index contributed by atoms with van der Waals surface area (Å²) in [6.07, 6.45) is 3.76. The number of carboxylic acids is 1. The van der Waals surface area contributed by atoms with Gasteiger partial charge in [0, 0.05) is 19.7 Å². The molecule has 0 aromatic heterocycles. The van der Waals surface area contributed by atoms with Crippen molar-refractivity contribution in [3.8, 4) is 5.75 Å². The standard InChI is InChI=1S/C30H48N4O7/c1-10-18(3)24(31)27(36)32-15-14-20-12-13-23(40-9)21(16-20)17-22(34(8)29(39)41-30(5,6)7)26(35)33-25(28(37)38)19(4)11-2/h12-16,18-19,22,24-25H,10-11,17,31H2,1-9H3,(H,32,36)(H,33,35)(H,37,38)/b15-14-/t18-,19-,22-,24-,25-/m0/s1. The zero-order chi connectivity index (χ0) is 31.5. The number of likely N-dealkylation sites (N-methyl/N-ethyl adjacent to an activating group) is 1. The van der Waals surface area contributed by atoms with Crippen molar-refractivity contribution in [2.45, 2.75) is 91.5 Å². The average Bonchev–Trinajstić information content (AvgIpc) is 2.91. The van der Waals surface area contributed by atoms with Crippen molar-refractivity contribution < 1.29 is 33.8 Å². The van der Waals surface area contributed by atoms with Crippen molar-refractivity contribution in [1.82, 2.24) is 15.5 Å². The van der Waals surface area contributed by atoms with Crippen LogP contribution in [-0.4, -0.2) is 71.8 Å². The number of nitrogens with two attached hydrogens (primary N) is 1. The minimum Gasteiger partial charge on any atom is -0.496 e. The van der Waals surface area contributed by atoms with Gasteiger partial charge in [0.25, 0.3) is 0 Å². The Morgan fingerprint density at radius 1 is 1.07 bits per heavy atom. The molecule has 0 heterocycles. The molecule has 1 aromatic carbocycles. The van der Waals surface area contributed by atoms with Crippen molar-refractivity contribution in [2.24, 2.45) is 17.6 Å². The quantitative estimate of drug-likeness (QED) is 0.262. The zero-order valence-corrected chi connectivity index (χ0v) is 25.8. The summed E-state index contributed by atoms with van der Waals surface area (Å²) >= 11 is 0. The summed E-state index contributed by atoms with van der Waals surface area (Å²) in [7, 11) is 2.92. The molecular weight excluding hydrogens is 528 g/mol. The molecule has 5 N–H and O–H groups in total. The van der Waals surface area contributed by atoms with Crippen LogP contribution in [0.1, 0.15) is 72.4 Å². The maximum Gasteiger partial charge on any atom is 0.410 e. The van der Waals surface area contributed by atoms with Gasteiger partial charge in [0.1, 0.15) is 23.4 Å². The number of hydrogen-bond acceptors (Lipinski definition) is 7. The van der Waals surface area contributed by atoms with Crippen molar-refractivity contribution in [1.29, 1.82) is 0 Å². The number of carbonyl (C=O) groups is 4. The first-order chi connectivity index (χ1) is 19.1. The van der Waals surface area contributed by atoms with Crippen molar-refractivity contribution in [2.75, 3.05) is 14.2 Å². The second kappa shape index (κ2) is 16.0. The van der Waals surface area contributed by atoms with Gasteiger partial charge >= 0.3 is 12.1 Å². The van der Waals surface area contributed by atoms with Gasteiger partial charge in [0.15, 0.2) is 0 Å². The predicted octanol–water partition coefficient (Wildman–Crippen LogP) is 3.55. The first-order valence-electron chi connectivity index (χ1n) is 13.9. The zero-order valence-electron chi connectivity index (χ0n) is 25.8. The maximum absolute atomic E-state index is 13.5. The molecule has 0 unspecified atom stereocenters. The minimum atomic E-state index is -1.16. The van der Waals surface area contributed by atoms with Gasteiger partial charge < -0.3 is 30.9 Å². The topological polar surface area (TPSA) is 160 Å². The monoisotopic (exact) mass is 576 g/mol. The van der Waals surface area contributed by atoms with E-state index in [1.54, 1.807) is 52.0 Å². The van der Waals surface area contributed by atoms with Gasteiger partial charge in [-0.2, -0.15) is 0 Å². The van der Waals surface area contributed by atoms with Crippen molar-refractivity contribution >= 4 is 30.0 Å². The lowest BCUT2D eigenvalue weighted by Crippen LogP contribution is -2.55. The summed E-state index contributed by atoms with van der Waals surface area (Å²) < 4.78 is 11.0. The van der Waals surface area contributed by atoms with Crippen LogP contribution in [0.25, 0.3) is 6.08 Å². The van der Waals surface area contributed by atoms with Crippen molar-refractivity contribution in [3.63, 3.8) is 0 Å². The fraction of sp³-hybridized carbons (Fsp3) is 0.600. The molecule has 0 bridgehead atoms. The van der Waals surface area contributed by atoms with Crippen molar-refractivity contribution in [3.05, 3.63) is 35.5 Å². The lowest BCUT2D eigenvalue weighted by molar-refractivity contribution is -0.144. The number of amides is 3. The van der Waals surface area contributed by atoms with E-state index in [-0.39, 0.29) is 24.2 Å². The van der Waals surface area contributed by atoms with Crippen LogP contribution in [-0.2, 0) is 25.5 Å². The molecule has 0 aliphatic rings. The van der Waals surface area contributed by atoms with E-state index in [4.69, 9.17) is 15.2 Å². The summed E-state index contributed by atoms with van der Waals surface area (Å²) in [6, 6.07) is 2.37. The SMILES string of the molecule is CC[C@H](C)[C@H](N)C(=O)N/C=C\c1ccc(OC)c(C[C@@H](C(=O)N[C@H](C(=O)O)[C@@H](C)CC)N(C)C(=O)OC(C)(C)C)c1. The molecule has 0 radical (unpaired) electrons. The largest absolute Gasteiger partial charge is 0.496 e. The summed E-state index contributed by atoms with van der Waals surface area (Å²) in [6.45, 7) is 12.6. The molecular formula is C30H48N4O7. The average molecular weight is 577 g/mol. The third kappa shape index (κ3) is 11.1. The third-order valence-corrected chi connectivity index (χ3v) is 7.01. The van der Waals surface area contributed by atoms with Gasteiger partial charge in [0.05, 0.1) is 13.2 Å². The predicted molar refractivity (Wildman–Crippen MR) is 158 cm³/mol. The highest BCUT2D eigenvalue weighted by atomic mass is 16.6. The molecule has 0 saturated carbocycles. The normalized spacial score (nSPS) is 15.3. The molecule has 1 aromatic rings. The molecule has 1 rings (SSSR count). The number of benzene rings is 1. The first-order valence-corrected chi connectivity index (χ1v) is 13.9. The Morgan fingerprint density at radius 2 is 1.68 bits per heavy atom. The number of ether oxygens (including phenoxy) is 2. The number of nitrogens with one attached hydrogen (secondary N) is 2. The Hall–Kier alpha value is -3.60. The number of methoxy groups -OCH3 is 1. The number of rotatable bonds is 14. The first kappa shape index (κ1) is 35.4. The number of carbonyl (C=O) groups excluding carboxylic acids is 3. The minimum absolute atomic E-state index is 0.00449. The van der Waals surface area contributed by atoms with E-state index >= 15 is 0 Å². The van der Waals surface area contributed by atoms with Crippen LogP contribution in [0.4, 0.5) is 4.79 Å². The lowest BCUT2D eigenvalue weighted by atomic mass is 9.97. The van der Waals surface area contributed by atoms with Gasteiger partial charge in [-0.1, -0.05) is 46.6 Å².